The van der Waals surface area contributed by atoms with Gasteiger partial charge in [0.2, 0.25) is 0 Å². The van der Waals surface area contributed by atoms with Crippen LogP contribution in [0.2, 0.25) is 0 Å². The number of rotatable bonds is 5. The summed E-state index contributed by atoms with van der Waals surface area (Å²) >= 11 is 0. The van der Waals surface area contributed by atoms with Crippen molar-refractivity contribution in [3.05, 3.63) is 109 Å². The van der Waals surface area contributed by atoms with Crippen LogP contribution in [0.5, 0.6) is 5.75 Å². The Bertz CT molecular complexity index is 1030. The largest absolute Gasteiger partial charge is 0.863 e. The molecule has 0 saturated carbocycles. The highest BCUT2D eigenvalue weighted by Gasteiger charge is 2.24. The van der Waals surface area contributed by atoms with Crippen LogP contribution in [-0.2, 0) is 0 Å². The molecule has 2 aromatic carbocycles. The lowest BCUT2D eigenvalue weighted by Crippen LogP contribution is -2.24. The number of nitrogens with zero attached hydrogens (tertiary/aromatic N) is 4. The predicted molar refractivity (Wildman–Crippen MR) is 111 cm³/mol. The minimum Gasteiger partial charge on any atom is -0.863 e. The van der Waals surface area contributed by atoms with Crippen molar-refractivity contribution in [3.8, 4) is 5.75 Å². The zero-order valence-corrected chi connectivity index (χ0v) is 16.2. The first kappa shape index (κ1) is 22.7. The summed E-state index contributed by atoms with van der Waals surface area (Å²) in [6.07, 6.45) is 12.8. The van der Waals surface area contributed by atoms with Crippen LogP contribution in [0.3, 0.4) is 0 Å². The fourth-order valence-electron chi connectivity index (χ4n) is 2.53. The van der Waals surface area contributed by atoms with Crippen molar-refractivity contribution in [2.45, 2.75) is 6.04 Å². The smallest absolute Gasteiger partial charge is 0.283 e. The molecule has 31 heavy (non-hydrogen) atoms. The second-order valence-corrected chi connectivity index (χ2v) is 6.24. The summed E-state index contributed by atoms with van der Waals surface area (Å²) in [6.45, 7) is 0. The fraction of sp³-hybridized carbons (Fsp3) is 0.100. The van der Waals surface area contributed by atoms with Crippen molar-refractivity contribution in [1.29, 1.82) is 0 Å². The molecule has 1 atom stereocenters. The normalized spacial score (nSPS) is 14.7. The highest BCUT2D eigenvalue weighted by Crippen LogP contribution is 2.36. The van der Waals surface area contributed by atoms with E-state index in [9.17, 15) is 35.4 Å². The molecule has 1 aliphatic rings. The molecule has 0 aromatic heterocycles. The van der Waals surface area contributed by atoms with Gasteiger partial charge in [-0.15, -0.1) is 0 Å². The molecular weight excluding hydrogens is 408 g/mol. The second kappa shape index (κ2) is 10.3. The van der Waals surface area contributed by atoms with E-state index in [1.807, 2.05) is 12.1 Å². The zero-order valence-electron chi connectivity index (χ0n) is 16.2. The van der Waals surface area contributed by atoms with E-state index in [-0.39, 0.29) is 0 Å². The number of likely N-dealkylation sites (N-methyl/N-ethyl adjacent to an activating group) is 1. The molecule has 0 bridgehead atoms. The monoisotopic (exact) mass is 425 g/mol. The van der Waals surface area contributed by atoms with E-state index >= 15 is 0 Å². The van der Waals surface area contributed by atoms with Gasteiger partial charge in [-0.3, -0.25) is 30.3 Å². The summed E-state index contributed by atoms with van der Waals surface area (Å²) in [5, 5.41) is 42.1. The SMILES string of the molecule is CN1C=CC=CC1/C=C/c1ccccc1.O=[N+]([O-])c1cc([N+](=O)[O-])c([O-])c([N+](=O)[O-])c1. The van der Waals surface area contributed by atoms with Gasteiger partial charge in [-0.05, 0) is 17.8 Å². The summed E-state index contributed by atoms with van der Waals surface area (Å²) in [5.41, 5.74) is -2.02. The summed E-state index contributed by atoms with van der Waals surface area (Å²) in [6, 6.07) is 11.5. The molecule has 11 heteroatoms. The van der Waals surface area contributed by atoms with Crippen LogP contribution in [0.4, 0.5) is 17.1 Å². The van der Waals surface area contributed by atoms with Crippen LogP contribution < -0.4 is 5.11 Å². The first-order valence-corrected chi connectivity index (χ1v) is 8.79. The Morgan fingerprint density at radius 2 is 1.48 bits per heavy atom. The van der Waals surface area contributed by atoms with E-state index < -0.39 is 37.6 Å². The topological polar surface area (TPSA) is 156 Å². The molecule has 0 saturated heterocycles. The van der Waals surface area contributed by atoms with E-state index in [2.05, 4.69) is 66.7 Å². The lowest BCUT2D eigenvalue weighted by atomic mass is 10.1. The Labute approximate surface area is 176 Å². The number of benzene rings is 2. The molecule has 0 spiro atoms. The van der Waals surface area contributed by atoms with Gasteiger partial charge in [0.25, 0.3) is 17.1 Å². The first-order valence-electron chi connectivity index (χ1n) is 8.79. The Balaban J connectivity index is 0.000000220. The number of hydrogen-bond acceptors (Lipinski definition) is 8. The van der Waals surface area contributed by atoms with Crippen molar-refractivity contribution in [2.75, 3.05) is 7.05 Å². The molecule has 0 N–H and O–H groups in total. The zero-order chi connectivity index (χ0) is 23.0. The molecule has 160 valence electrons. The lowest BCUT2D eigenvalue weighted by Gasteiger charge is -2.23. The number of nitro benzene ring substituents is 3. The number of allylic oxidation sites excluding steroid dienone is 2. The van der Waals surface area contributed by atoms with Gasteiger partial charge in [-0.1, -0.05) is 54.6 Å². The van der Waals surface area contributed by atoms with Crippen LogP contribution >= 0.6 is 0 Å². The van der Waals surface area contributed by atoms with Crippen LogP contribution in [0.1, 0.15) is 5.56 Å². The second-order valence-electron chi connectivity index (χ2n) is 6.24. The summed E-state index contributed by atoms with van der Waals surface area (Å²) in [7, 11) is 2.08. The minimum absolute atomic E-state index is 0.371. The van der Waals surface area contributed by atoms with Gasteiger partial charge < -0.3 is 10.0 Å². The third-order valence-electron chi connectivity index (χ3n) is 4.13. The molecule has 11 nitrogen and oxygen atoms in total. The lowest BCUT2D eigenvalue weighted by molar-refractivity contribution is -0.420. The third-order valence-corrected chi connectivity index (χ3v) is 4.13. The molecular formula is C20H17N4O7-. The van der Waals surface area contributed by atoms with Gasteiger partial charge in [0.05, 0.1) is 38.7 Å². The fourth-order valence-corrected chi connectivity index (χ4v) is 2.53. The highest BCUT2D eigenvalue weighted by molar-refractivity contribution is 5.64. The minimum atomic E-state index is -1.46. The molecule has 0 fully saturated rings. The van der Waals surface area contributed by atoms with Crippen molar-refractivity contribution >= 4 is 23.1 Å². The van der Waals surface area contributed by atoms with Gasteiger partial charge in [-0.25, -0.2) is 0 Å². The maximum Gasteiger partial charge on any atom is 0.283 e. The van der Waals surface area contributed by atoms with Crippen molar-refractivity contribution in [1.82, 2.24) is 4.90 Å². The first-order chi connectivity index (χ1) is 14.7. The Morgan fingerprint density at radius 1 is 0.903 bits per heavy atom. The molecule has 3 rings (SSSR count). The molecule has 1 unspecified atom stereocenters. The van der Waals surface area contributed by atoms with E-state index in [0.717, 1.165) is 0 Å². The van der Waals surface area contributed by atoms with Crippen LogP contribution in [-0.4, -0.2) is 32.8 Å². The van der Waals surface area contributed by atoms with Gasteiger partial charge in [0.15, 0.2) is 0 Å². The van der Waals surface area contributed by atoms with Crippen LogP contribution in [0, 0.1) is 30.3 Å². The third kappa shape index (κ3) is 6.22. The number of non-ortho nitro benzene ring substituents is 1. The quantitative estimate of drug-likeness (QED) is 0.520. The van der Waals surface area contributed by atoms with Crippen molar-refractivity contribution in [2.24, 2.45) is 0 Å². The van der Waals surface area contributed by atoms with Crippen molar-refractivity contribution < 1.29 is 19.9 Å². The van der Waals surface area contributed by atoms with Gasteiger partial charge in [-0.2, -0.15) is 0 Å². The van der Waals surface area contributed by atoms with Crippen LogP contribution in [0.15, 0.2) is 73.0 Å². The molecule has 1 aliphatic heterocycles. The van der Waals surface area contributed by atoms with E-state index in [0.29, 0.717) is 18.2 Å². The maximum absolute atomic E-state index is 11.1. The number of hydrogen-bond donors (Lipinski definition) is 0. The Hall–Kier alpha value is -4.54. The van der Waals surface area contributed by atoms with Gasteiger partial charge in [0, 0.05) is 7.05 Å². The summed E-state index contributed by atoms with van der Waals surface area (Å²) in [5.74, 6) is -1.46. The molecule has 0 radical (unpaired) electrons. The number of nitro groups is 3. The summed E-state index contributed by atoms with van der Waals surface area (Å²) in [4.78, 5) is 29.7. The average Bonchev–Trinajstić information content (AvgIpc) is 2.74. The van der Waals surface area contributed by atoms with Crippen molar-refractivity contribution in [3.63, 3.8) is 0 Å². The van der Waals surface area contributed by atoms with Gasteiger partial charge >= 0.3 is 0 Å². The Morgan fingerprint density at radius 3 is 1.97 bits per heavy atom. The van der Waals surface area contributed by atoms with Crippen LogP contribution in [0.25, 0.3) is 6.08 Å². The molecule has 2 aromatic rings. The molecule has 1 heterocycles. The van der Waals surface area contributed by atoms with E-state index in [1.165, 1.54) is 5.56 Å². The van der Waals surface area contributed by atoms with E-state index in [1.54, 1.807) is 0 Å². The summed E-state index contributed by atoms with van der Waals surface area (Å²) < 4.78 is 0. The maximum atomic E-state index is 11.1. The van der Waals surface area contributed by atoms with Gasteiger partial charge in [0.1, 0.15) is 0 Å². The Kier molecular flexibility index (Phi) is 7.56. The van der Waals surface area contributed by atoms with E-state index in [4.69, 9.17) is 0 Å². The average molecular weight is 425 g/mol. The molecule has 0 amide bonds. The standard InChI is InChI=1S/C14H15N.C6H3N3O7/c1-15-12-6-5-9-14(15)11-10-13-7-3-2-4-8-13;10-6-4(8(13)14)1-3(7(11)12)2-5(6)9(15)16/h2-12,14H,1H3;1-2,10H/p-1/b11-10+;. The predicted octanol–water partition coefficient (Wildman–Crippen LogP) is 3.57. The molecule has 0 aliphatic carbocycles. The highest BCUT2D eigenvalue weighted by atomic mass is 16.6.